The van der Waals surface area contributed by atoms with Crippen LogP contribution >= 0.6 is 0 Å². The van der Waals surface area contributed by atoms with Crippen LogP contribution in [0.4, 0.5) is 0 Å². The lowest BCUT2D eigenvalue weighted by Crippen LogP contribution is -2.21. The first-order chi connectivity index (χ1) is 4.34. The van der Waals surface area contributed by atoms with Crippen LogP contribution in [-0.4, -0.2) is 11.4 Å². The van der Waals surface area contributed by atoms with Crippen LogP contribution in [0.1, 0.15) is 19.3 Å². The van der Waals surface area contributed by atoms with E-state index in [0.717, 1.165) is 13.0 Å². The molecule has 1 heteroatoms. The minimum absolute atomic E-state index is 1.11. The van der Waals surface area contributed by atoms with E-state index in [1.807, 2.05) is 6.20 Å². The minimum Gasteiger partial charge on any atom is -0.353 e. The number of rotatable bonds is 1. The van der Waals surface area contributed by atoms with Gasteiger partial charge in [-0.25, -0.2) is 0 Å². The van der Waals surface area contributed by atoms with E-state index in [-0.39, 0.29) is 0 Å². The Bertz CT molecular complexity index is 127. The topological polar surface area (TPSA) is 3.24 Å². The summed E-state index contributed by atoms with van der Waals surface area (Å²) in [5.41, 5.74) is 1.22. The molecule has 1 aliphatic heterocycles. The fourth-order valence-corrected chi connectivity index (χ4v) is 1.13. The number of likely N-dealkylation sites (tertiary alicyclic amines) is 1. The van der Waals surface area contributed by atoms with Crippen LogP contribution in [-0.2, 0) is 0 Å². The summed E-state index contributed by atoms with van der Waals surface area (Å²) in [5.74, 6) is 0. The fraction of sp³-hybridized carbons (Fsp3) is 0.500. The third kappa shape index (κ3) is 1.35. The molecule has 0 aromatic heterocycles. The van der Waals surface area contributed by atoms with Gasteiger partial charge in [-0.05, 0) is 25.5 Å². The maximum absolute atomic E-state index is 3.92. The second kappa shape index (κ2) is 2.72. The van der Waals surface area contributed by atoms with Crippen molar-refractivity contribution in [3.63, 3.8) is 0 Å². The highest BCUT2D eigenvalue weighted by Crippen LogP contribution is 2.17. The molecule has 0 bridgehead atoms. The van der Waals surface area contributed by atoms with Gasteiger partial charge < -0.3 is 4.90 Å². The predicted octanol–water partition coefficient (Wildman–Crippen LogP) is 2.13. The standard InChI is InChI=1S/C8H13N/c1-3-9-7-5-4-6-8(9)2/h3H,1-2,4-7H2. The van der Waals surface area contributed by atoms with Gasteiger partial charge >= 0.3 is 0 Å². The number of nitrogens with zero attached hydrogens (tertiary/aromatic N) is 1. The van der Waals surface area contributed by atoms with E-state index >= 15 is 0 Å². The van der Waals surface area contributed by atoms with Crippen LogP contribution in [0.3, 0.4) is 0 Å². The van der Waals surface area contributed by atoms with E-state index in [9.17, 15) is 0 Å². The van der Waals surface area contributed by atoms with Crippen LogP contribution in [0.15, 0.2) is 25.1 Å². The van der Waals surface area contributed by atoms with Crippen LogP contribution in [0, 0.1) is 0 Å². The Morgan fingerprint density at radius 2 is 2.22 bits per heavy atom. The second-order valence-corrected chi connectivity index (χ2v) is 2.40. The van der Waals surface area contributed by atoms with Gasteiger partial charge in [0.05, 0.1) is 0 Å². The summed E-state index contributed by atoms with van der Waals surface area (Å²) >= 11 is 0. The van der Waals surface area contributed by atoms with Crippen molar-refractivity contribution in [1.82, 2.24) is 4.90 Å². The summed E-state index contributed by atoms with van der Waals surface area (Å²) in [7, 11) is 0. The van der Waals surface area contributed by atoms with Crippen LogP contribution in [0.5, 0.6) is 0 Å². The Labute approximate surface area is 56.7 Å². The molecule has 0 atom stereocenters. The lowest BCUT2D eigenvalue weighted by molar-refractivity contribution is 0.382. The highest BCUT2D eigenvalue weighted by atomic mass is 15.1. The van der Waals surface area contributed by atoms with Crippen LogP contribution < -0.4 is 0 Å². The van der Waals surface area contributed by atoms with Crippen molar-refractivity contribution < 1.29 is 0 Å². The first-order valence-corrected chi connectivity index (χ1v) is 3.41. The number of hydrogen-bond donors (Lipinski definition) is 0. The maximum Gasteiger partial charge on any atom is 0.0221 e. The van der Waals surface area contributed by atoms with Gasteiger partial charge in [0.25, 0.3) is 0 Å². The van der Waals surface area contributed by atoms with Crippen molar-refractivity contribution in [2.45, 2.75) is 19.3 Å². The summed E-state index contributed by atoms with van der Waals surface area (Å²) in [5, 5.41) is 0. The molecule has 0 saturated carbocycles. The van der Waals surface area contributed by atoms with Gasteiger partial charge in [0.15, 0.2) is 0 Å². The monoisotopic (exact) mass is 123 g/mol. The zero-order chi connectivity index (χ0) is 6.69. The molecule has 1 rings (SSSR count). The molecule has 0 amide bonds. The van der Waals surface area contributed by atoms with Crippen molar-refractivity contribution in [1.29, 1.82) is 0 Å². The number of piperidine rings is 1. The molecule has 1 aliphatic rings. The molecule has 0 N–H and O–H groups in total. The first-order valence-electron chi connectivity index (χ1n) is 3.41. The third-order valence-electron chi connectivity index (χ3n) is 1.74. The molecule has 0 unspecified atom stereocenters. The minimum atomic E-state index is 1.11. The third-order valence-corrected chi connectivity index (χ3v) is 1.74. The zero-order valence-corrected chi connectivity index (χ0v) is 5.77. The van der Waals surface area contributed by atoms with Crippen molar-refractivity contribution in [3.8, 4) is 0 Å². The van der Waals surface area contributed by atoms with E-state index in [0.29, 0.717) is 0 Å². The zero-order valence-electron chi connectivity index (χ0n) is 5.77. The summed E-state index contributed by atoms with van der Waals surface area (Å²) in [6, 6.07) is 0. The van der Waals surface area contributed by atoms with Crippen molar-refractivity contribution in [2.75, 3.05) is 6.54 Å². The van der Waals surface area contributed by atoms with Gasteiger partial charge in [0, 0.05) is 12.2 Å². The Morgan fingerprint density at radius 1 is 1.44 bits per heavy atom. The van der Waals surface area contributed by atoms with Crippen molar-refractivity contribution in [3.05, 3.63) is 25.1 Å². The SMILES string of the molecule is C=CN1CCCCC1=C. The largest absolute Gasteiger partial charge is 0.353 e. The molecule has 50 valence electrons. The van der Waals surface area contributed by atoms with E-state index in [1.54, 1.807) is 0 Å². The number of hydrogen-bond acceptors (Lipinski definition) is 1. The van der Waals surface area contributed by atoms with Gasteiger partial charge in [0.1, 0.15) is 0 Å². The van der Waals surface area contributed by atoms with Gasteiger partial charge in [0.2, 0.25) is 0 Å². The predicted molar refractivity (Wildman–Crippen MR) is 39.9 cm³/mol. The second-order valence-electron chi connectivity index (χ2n) is 2.40. The highest BCUT2D eigenvalue weighted by molar-refractivity contribution is 5.00. The summed E-state index contributed by atoms with van der Waals surface area (Å²) in [6.45, 7) is 8.73. The van der Waals surface area contributed by atoms with Gasteiger partial charge in [-0.3, -0.25) is 0 Å². The van der Waals surface area contributed by atoms with Crippen molar-refractivity contribution >= 4 is 0 Å². The molecule has 1 nitrogen and oxygen atoms in total. The van der Waals surface area contributed by atoms with Crippen LogP contribution in [0.25, 0.3) is 0 Å². The molecule has 1 heterocycles. The molecule has 0 aliphatic carbocycles. The number of allylic oxidation sites excluding steroid dienone is 1. The quantitative estimate of drug-likeness (QED) is 0.516. The van der Waals surface area contributed by atoms with E-state index in [4.69, 9.17) is 0 Å². The molecule has 0 radical (unpaired) electrons. The molecular formula is C8H13N. The smallest absolute Gasteiger partial charge is 0.0221 e. The van der Waals surface area contributed by atoms with Crippen LogP contribution in [0.2, 0.25) is 0 Å². The molecule has 9 heavy (non-hydrogen) atoms. The van der Waals surface area contributed by atoms with Gasteiger partial charge in [-0.1, -0.05) is 13.2 Å². The lowest BCUT2D eigenvalue weighted by atomic mass is 10.1. The summed E-state index contributed by atoms with van der Waals surface area (Å²) < 4.78 is 0. The van der Waals surface area contributed by atoms with Gasteiger partial charge in [-0.2, -0.15) is 0 Å². The Hall–Kier alpha value is -0.720. The lowest BCUT2D eigenvalue weighted by Gasteiger charge is -2.26. The van der Waals surface area contributed by atoms with E-state index < -0.39 is 0 Å². The average molecular weight is 123 g/mol. The molecule has 0 spiro atoms. The molecular weight excluding hydrogens is 110 g/mol. The normalized spacial score (nSPS) is 20.0. The summed E-state index contributed by atoms with van der Waals surface area (Å²) in [6.07, 6.45) is 5.59. The Kier molecular flexibility index (Phi) is 1.93. The Balaban J connectivity index is 2.48. The summed E-state index contributed by atoms with van der Waals surface area (Å²) in [4.78, 5) is 2.13. The molecule has 0 aromatic rings. The Morgan fingerprint density at radius 3 is 2.67 bits per heavy atom. The first kappa shape index (κ1) is 6.40. The van der Waals surface area contributed by atoms with E-state index in [1.165, 1.54) is 18.5 Å². The van der Waals surface area contributed by atoms with Crippen molar-refractivity contribution in [2.24, 2.45) is 0 Å². The maximum atomic E-state index is 3.92. The fourth-order valence-electron chi connectivity index (χ4n) is 1.13. The van der Waals surface area contributed by atoms with E-state index in [2.05, 4.69) is 18.1 Å². The average Bonchev–Trinajstić information content (AvgIpc) is 1.89. The molecule has 1 fully saturated rings. The molecule has 1 saturated heterocycles. The highest BCUT2D eigenvalue weighted by Gasteiger charge is 2.08. The van der Waals surface area contributed by atoms with Gasteiger partial charge in [-0.15, -0.1) is 0 Å². The molecule has 0 aromatic carbocycles.